The van der Waals surface area contributed by atoms with E-state index in [1.54, 1.807) is 22.9 Å². The lowest BCUT2D eigenvalue weighted by Gasteiger charge is -2.32. The number of hydrogen-bond donors (Lipinski definition) is 1. The third-order valence-electron chi connectivity index (χ3n) is 5.04. The van der Waals surface area contributed by atoms with Crippen LogP contribution in [0.25, 0.3) is 5.69 Å². The Kier molecular flexibility index (Phi) is 5.11. The molecular weight excluding hydrogens is 314 g/mol. The van der Waals surface area contributed by atoms with Crippen LogP contribution in [0.3, 0.4) is 0 Å². The van der Waals surface area contributed by atoms with Crippen molar-refractivity contribution in [3.63, 3.8) is 0 Å². The summed E-state index contributed by atoms with van der Waals surface area (Å²) in [5.41, 5.74) is 0.772. The van der Waals surface area contributed by atoms with Crippen LogP contribution < -0.4 is 4.90 Å². The molecule has 3 rings (SSSR count). The Morgan fingerprint density at radius 3 is 2.60 bits per heavy atom. The summed E-state index contributed by atoms with van der Waals surface area (Å²) in [6.45, 7) is 6.31. The van der Waals surface area contributed by atoms with Crippen LogP contribution in [0.4, 0.5) is 5.82 Å². The van der Waals surface area contributed by atoms with Crippen molar-refractivity contribution in [3.05, 3.63) is 36.5 Å². The number of carbonyl (C=O) groups is 1. The van der Waals surface area contributed by atoms with E-state index in [1.807, 2.05) is 37.1 Å². The van der Waals surface area contributed by atoms with E-state index in [4.69, 9.17) is 0 Å². The highest BCUT2D eigenvalue weighted by Gasteiger charge is 2.31. The molecule has 5 heteroatoms. The minimum absolute atomic E-state index is 0.0550. The molecule has 1 amide bonds. The molecule has 0 saturated heterocycles. The van der Waals surface area contributed by atoms with E-state index in [0.717, 1.165) is 37.3 Å². The highest BCUT2D eigenvalue weighted by molar-refractivity contribution is 5.94. The number of phenols is 1. The van der Waals surface area contributed by atoms with Crippen molar-refractivity contribution in [2.45, 2.75) is 52.5 Å². The van der Waals surface area contributed by atoms with Gasteiger partial charge in [0.05, 0.1) is 5.69 Å². The summed E-state index contributed by atoms with van der Waals surface area (Å²) >= 11 is 0. The summed E-state index contributed by atoms with van der Waals surface area (Å²) in [5.74, 6) is 1.87. The molecule has 1 aliphatic carbocycles. The Bertz CT molecular complexity index is 730. The number of carbonyl (C=O) groups excluding carboxylic acids is 1. The largest absolute Gasteiger partial charge is 0.508 e. The van der Waals surface area contributed by atoms with Crippen molar-refractivity contribution < 1.29 is 9.90 Å². The summed E-state index contributed by atoms with van der Waals surface area (Å²) in [6.07, 6.45) is 6.02. The SMILES string of the molecule is CC1CCC(C(=O)N(c2ccn(-c3cccc(O)c3)n2)C(C)C)CC1. The fourth-order valence-electron chi connectivity index (χ4n) is 3.56. The molecule has 25 heavy (non-hydrogen) atoms. The molecule has 0 atom stereocenters. The van der Waals surface area contributed by atoms with Gasteiger partial charge in [0, 0.05) is 30.3 Å². The monoisotopic (exact) mass is 341 g/mol. The first-order valence-electron chi connectivity index (χ1n) is 9.14. The number of phenolic OH excluding ortho intramolecular Hbond substituents is 1. The molecule has 1 N–H and O–H groups in total. The van der Waals surface area contributed by atoms with E-state index in [0.29, 0.717) is 5.82 Å². The first kappa shape index (κ1) is 17.5. The fraction of sp³-hybridized carbons (Fsp3) is 0.500. The number of hydrogen-bond acceptors (Lipinski definition) is 3. The van der Waals surface area contributed by atoms with Crippen LogP contribution in [-0.2, 0) is 4.79 Å². The second kappa shape index (κ2) is 7.30. The molecule has 5 nitrogen and oxygen atoms in total. The highest BCUT2D eigenvalue weighted by atomic mass is 16.3. The van der Waals surface area contributed by atoms with Gasteiger partial charge in [0.15, 0.2) is 5.82 Å². The third kappa shape index (κ3) is 3.86. The van der Waals surface area contributed by atoms with Crippen LogP contribution in [0.5, 0.6) is 5.75 Å². The van der Waals surface area contributed by atoms with E-state index in [2.05, 4.69) is 12.0 Å². The van der Waals surface area contributed by atoms with Gasteiger partial charge in [-0.2, -0.15) is 0 Å². The van der Waals surface area contributed by atoms with Gasteiger partial charge in [0.25, 0.3) is 0 Å². The van der Waals surface area contributed by atoms with Gasteiger partial charge in [-0.1, -0.05) is 13.0 Å². The molecule has 2 aromatic rings. The molecule has 0 bridgehead atoms. The summed E-state index contributed by atoms with van der Waals surface area (Å²) in [4.78, 5) is 14.9. The Morgan fingerprint density at radius 2 is 1.96 bits per heavy atom. The number of amides is 1. The maximum Gasteiger partial charge on any atom is 0.231 e. The van der Waals surface area contributed by atoms with Gasteiger partial charge in [-0.15, -0.1) is 5.10 Å². The lowest BCUT2D eigenvalue weighted by Crippen LogP contribution is -2.42. The topological polar surface area (TPSA) is 58.4 Å². The van der Waals surface area contributed by atoms with Crippen molar-refractivity contribution in [2.24, 2.45) is 11.8 Å². The predicted octanol–water partition coefficient (Wildman–Crippen LogP) is 4.15. The molecule has 1 saturated carbocycles. The summed E-state index contributed by atoms with van der Waals surface area (Å²) in [6, 6.07) is 8.86. The summed E-state index contributed by atoms with van der Waals surface area (Å²) in [7, 11) is 0. The van der Waals surface area contributed by atoms with Gasteiger partial charge in [-0.05, 0) is 57.6 Å². The van der Waals surface area contributed by atoms with Gasteiger partial charge in [0.2, 0.25) is 5.91 Å². The molecule has 1 aromatic heterocycles. The lowest BCUT2D eigenvalue weighted by atomic mass is 9.82. The van der Waals surface area contributed by atoms with Crippen molar-refractivity contribution in [3.8, 4) is 11.4 Å². The molecule has 1 aromatic carbocycles. The maximum absolute atomic E-state index is 13.1. The van der Waals surface area contributed by atoms with E-state index in [9.17, 15) is 9.90 Å². The van der Waals surface area contributed by atoms with E-state index in [-0.39, 0.29) is 23.6 Å². The average Bonchev–Trinajstić information content (AvgIpc) is 3.05. The van der Waals surface area contributed by atoms with Crippen molar-refractivity contribution in [1.82, 2.24) is 9.78 Å². The normalized spacial score (nSPS) is 20.6. The molecule has 1 fully saturated rings. The minimum atomic E-state index is 0.0550. The summed E-state index contributed by atoms with van der Waals surface area (Å²) in [5, 5.41) is 14.2. The van der Waals surface area contributed by atoms with Gasteiger partial charge in [-0.3, -0.25) is 9.69 Å². The Balaban J connectivity index is 1.83. The zero-order chi connectivity index (χ0) is 18.0. The van der Waals surface area contributed by atoms with Gasteiger partial charge < -0.3 is 5.11 Å². The average molecular weight is 341 g/mol. The van der Waals surface area contributed by atoms with Crippen molar-refractivity contribution >= 4 is 11.7 Å². The molecule has 0 spiro atoms. The molecule has 0 unspecified atom stereocenters. The predicted molar refractivity (Wildman–Crippen MR) is 99.0 cm³/mol. The van der Waals surface area contributed by atoms with Crippen LogP contribution in [0.1, 0.15) is 46.5 Å². The van der Waals surface area contributed by atoms with Crippen LogP contribution in [0.2, 0.25) is 0 Å². The van der Waals surface area contributed by atoms with Crippen LogP contribution >= 0.6 is 0 Å². The Morgan fingerprint density at radius 1 is 1.24 bits per heavy atom. The number of benzene rings is 1. The maximum atomic E-state index is 13.1. The zero-order valence-corrected chi connectivity index (χ0v) is 15.2. The number of rotatable bonds is 4. The van der Waals surface area contributed by atoms with Crippen LogP contribution in [0, 0.1) is 11.8 Å². The molecule has 0 radical (unpaired) electrons. The number of nitrogens with zero attached hydrogens (tertiary/aromatic N) is 3. The first-order chi connectivity index (χ1) is 12.0. The number of anilines is 1. The lowest BCUT2D eigenvalue weighted by molar-refractivity contribution is -0.123. The van der Waals surface area contributed by atoms with E-state index >= 15 is 0 Å². The van der Waals surface area contributed by atoms with Crippen molar-refractivity contribution in [2.75, 3.05) is 4.90 Å². The van der Waals surface area contributed by atoms with Crippen LogP contribution in [0.15, 0.2) is 36.5 Å². The first-order valence-corrected chi connectivity index (χ1v) is 9.14. The third-order valence-corrected chi connectivity index (χ3v) is 5.04. The molecule has 1 heterocycles. The molecular formula is C20H27N3O2. The fourth-order valence-corrected chi connectivity index (χ4v) is 3.56. The van der Waals surface area contributed by atoms with Gasteiger partial charge in [0.1, 0.15) is 5.75 Å². The Labute approximate surface area is 149 Å². The Hall–Kier alpha value is -2.30. The summed E-state index contributed by atoms with van der Waals surface area (Å²) < 4.78 is 1.70. The standard InChI is InChI=1S/C20H27N3O2/c1-14(2)23(20(25)16-9-7-15(3)8-10-16)19-11-12-22(21-19)17-5-4-6-18(24)13-17/h4-6,11-16,24H,7-10H2,1-3H3. The zero-order valence-electron chi connectivity index (χ0n) is 15.2. The van der Waals surface area contributed by atoms with Gasteiger partial charge in [-0.25, -0.2) is 4.68 Å². The highest BCUT2D eigenvalue weighted by Crippen LogP contribution is 2.31. The second-order valence-corrected chi connectivity index (χ2v) is 7.40. The van der Waals surface area contributed by atoms with Crippen molar-refractivity contribution in [1.29, 1.82) is 0 Å². The molecule has 1 aliphatic rings. The smallest absolute Gasteiger partial charge is 0.231 e. The van der Waals surface area contributed by atoms with E-state index < -0.39 is 0 Å². The van der Waals surface area contributed by atoms with E-state index in [1.165, 1.54) is 0 Å². The van der Waals surface area contributed by atoms with Crippen LogP contribution in [-0.4, -0.2) is 26.8 Å². The molecule has 134 valence electrons. The minimum Gasteiger partial charge on any atom is -0.508 e. The van der Waals surface area contributed by atoms with Gasteiger partial charge >= 0.3 is 0 Å². The number of aromatic hydroxyl groups is 1. The number of aromatic nitrogens is 2. The molecule has 0 aliphatic heterocycles. The second-order valence-electron chi connectivity index (χ2n) is 7.40. The quantitative estimate of drug-likeness (QED) is 0.909.